The number of hydrogen-bond acceptors (Lipinski definition) is 9. The Labute approximate surface area is 323 Å². The van der Waals surface area contributed by atoms with Gasteiger partial charge in [-0.2, -0.15) is 0 Å². The molecule has 56 heavy (non-hydrogen) atoms. The van der Waals surface area contributed by atoms with Gasteiger partial charge in [-0.05, 0) is 93.6 Å². The minimum atomic E-state index is -1.12. The lowest BCUT2D eigenvalue weighted by Gasteiger charge is -2.41. The first-order valence-corrected chi connectivity index (χ1v) is 19.1. The van der Waals surface area contributed by atoms with Crippen LogP contribution in [0.25, 0.3) is 16.0 Å². The first-order valence-electron chi connectivity index (χ1n) is 19.1. The summed E-state index contributed by atoms with van der Waals surface area (Å²) in [4.78, 5) is 59.5. The Bertz CT molecular complexity index is 2350. The summed E-state index contributed by atoms with van der Waals surface area (Å²) in [6.07, 6.45) is 3.63. The minimum Gasteiger partial charge on any atom is -0.374 e. The van der Waals surface area contributed by atoms with E-state index in [1.165, 1.54) is 6.07 Å². The number of carbonyl (C=O) groups is 4. The molecule has 3 aliphatic heterocycles. The van der Waals surface area contributed by atoms with Gasteiger partial charge >= 0.3 is 0 Å². The summed E-state index contributed by atoms with van der Waals surface area (Å²) in [7, 11) is 0. The Kier molecular flexibility index (Phi) is 8.39. The van der Waals surface area contributed by atoms with Crippen molar-refractivity contribution in [2.24, 2.45) is 5.41 Å². The second-order valence-corrected chi connectivity index (χ2v) is 16.1. The molecule has 0 bridgehead atoms. The van der Waals surface area contributed by atoms with Gasteiger partial charge < -0.3 is 23.9 Å². The van der Waals surface area contributed by atoms with Crippen LogP contribution >= 0.6 is 0 Å². The largest absolute Gasteiger partial charge is 0.374 e. The third-order valence-electron chi connectivity index (χ3n) is 12.2. The number of carbonyl (C=O) groups excluding carboxylic acids is 4. The number of halogens is 1. The van der Waals surface area contributed by atoms with E-state index in [1.54, 1.807) is 4.90 Å². The number of anilines is 3. The van der Waals surface area contributed by atoms with Gasteiger partial charge in [0.2, 0.25) is 11.8 Å². The number of rotatable bonds is 11. The molecule has 5 aliphatic rings. The molecule has 2 saturated heterocycles. The number of piperidine rings is 1. The monoisotopic (exact) mass is 756 g/mol. The number of aromatic nitrogens is 1. The van der Waals surface area contributed by atoms with Gasteiger partial charge in [0.1, 0.15) is 17.6 Å². The smallest absolute Gasteiger partial charge is 0.262 e. The SMILES string of the molecule is [C-]#[N+]C1(c2ccc(N(CC3(COC4CN(c5cc6c(cc5F)C(=O)N(C5CCC(=O)NC5=O)C6=O)C4)CC3)c3cc(-c4c(C)noc4C)ccc3C)cc2)CC1. The molecular formula is C43H41FN6O6. The number of ether oxygens (including phenoxy) is 1. The molecule has 2 saturated carbocycles. The summed E-state index contributed by atoms with van der Waals surface area (Å²) in [6, 6.07) is 16.2. The Morgan fingerprint density at radius 2 is 1.70 bits per heavy atom. The topological polar surface area (TPSA) is 130 Å². The van der Waals surface area contributed by atoms with Gasteiger partial charge in [-0.25, -0.2) is 11.0 Å². The highest BCUT2D eigenvalue weighted by Gasteiger charge is 2.53. The zero-order valence-corrected chi connectivity index (χ0v) is 31.5. The van der Waals surface area contributed by atoms with Crippen LogP contribution in [0.1, 0.15) is 81.8 Å². The molecule has 4 aromatic rings. The number of fused-ring (bicyclic) bond motifs is 1. The molecule has 3 aromatic carbocycles. The van der Waals surface area contributed by atoms with Crippen molar-refractivity contribution in [2.75, 3.05) is 36.0 Å². The van der Waals surface area contributed by atoms with Crippen molar-refractivity contribution in [3.05, 3.63) is 106 Å². The fourth-order valence-electron chi connectivity index (χ4n) is 8.42. The van der Waals surface area contributed by atoms with Crippen molar-refractivity contribution >= 4 is 40.7 Å². The zero-order chi connectivity index (χ0) is 39.1. The summed E-state index contributed by atoms with van der Waals surface area (Å²) < 4.78 is 27.5. The Morgan fingerprint density at radius 1 is 0.982 bits per heavy atom. The molecule has 286 valence electrons. The standard InChI is InChI=1S/C43H41FN6O6/c1-24-5-6-27(38-25(2)47-56-26(38)3)17-35(24)49(29-9-7-28(8-10-29)43(45-4)15-16-43)22-42(13-14-42)23-55-30-20-48(21-30)36-19-32-31(18-33(36)44)40(53)50(41(32)54)34-11-12-37(51)46-39(34)52/h5-10,17-19,30,34H,11-16,20-23H2,1-3H3,(H,46,51,52). The molecule has 1 unspecified atom stereocenters. The third kappa shape index (κ3) is 6.03. The fraction of sp³-hybridized carbons (Fsp3) is 0.395. The molecule has 4 fully saturated rings. The summed E-state index contributed by atoms with van der Waals surface area (Å²) in [5, 5.41) is 6.37. The lowest BCUT2D eigenvalue weighted by Crippen LogP contribution is -2.54. The van der Waals surface area contributed by atoms with Crippen LogP contribution in [0.4, 0.5) is 21.5 Å². The van der Waals surface area contributed by atoms with Crippen LogP contribution in [0.15, 0.2) is 59.1 Å². The van der Waals surface area contributed by atoms with Crippen LogP contribution in [-0.2, 0) is 19.9 Å². The van der Waals surface area contributed by atoms with Crippen LogP contribution in [0, 0.1) is 38.6 Å². The van der Waals surface area contributed by atoms with Gasteiger partial charge in [0.05, 0.1) is 35.2 Å². The maximum Gasteiger partial charge on any atom is 0.262 e. The van der Waals surface area contributed by atoms with E-state index in [0.717, 1.165) is 81.7 Å². The average Bonchev–Trinajstić information content (AvgIpc) is 4.09. The molecule has 4 amide bonds. The molecule has 1 atom stereocenters. The number of benzene rings is 3. The van der Waals surface area contributed by atoms with Crippen molar-refractivity contribution in [1.29, 1.82) is 0 Å². The van der Waals surface area contributed by atoms with E-state index in [0.29, 0.717) is 26.2 Å². The maximum absolute atomic E-state index is 15.5. The van der Waals surface area contributed by atoms with E-state index in [1.807, 2.05) is 13.8 Å². The summed E-state index contributed by atoms with van der Waals surface area (Å²) in [5.41, 5.74) is 6.77. The van der Waals surface area contributed by atoms with Crippen molar-refractivity contribution in [1.82, 2.24) is 15.4 Å². The van der Waals surface area contributed by atoms with Gasteiger partial charge in [0, 0.05) is 66.8 Å². The van der Waals surface area contributed by atoms with Crippen LogP contribution < -0.4 is 15.1 Å². The van der Waals surface area contributed by atoms with Gasteiger partial charge in [-0.3, -0.25) is 29.4 Å². The van der Waals surface area contributed by atoms with Gasteiger partial charge in [-0.15, -0.1) is 0 Å². The molecule has 9 rings (SSSR count). The summed E-state index contributed by atoms with van der Waals surface area (Å²) >= 11 is 0. The molecular weight excluding hydrogens is 716 g/mol. The fourth-order valence-corrected chi connectivity index (χ4v) is 8.42. The highest BCUT2D eigenvalue weighted by atomic mass is 19.1. The lowest BCUT2D eigenvalue weighted by atomic mass is 9.98. The van der Waals surface area contributed by atoms with E-state index in [4.69, 9.17) is 15.8 Å². The minimum absolute atomic E-state index is 0.00600. The number of nitrogens with zero attached hydrogens (tertiary/aromatic N) is 5. The average molecular weight is 757 g/mol. The third-order valence-corrected chi connectivity index (χ3v) is 12.2. The van der Waals surface area contributed by atoms with E-state index in [9.17, 15) is 19.2 Å². The number of hydrogen-bond donors (Lipinski definition) is 1. The van der Waals surface area contributed by atoms with E-state index >= 15 is 4.39 Å². The van der Waals surface area contributed by atoms with Gasteiger partial charge in [0.25, 0.3) is 17.4 Å². The first kappa shape index (κ1) is 35.8. The van der Waals surface area contributed by atoms with Crippen LogP contribution in [-0.4, -0.2) is 72.1 Å². The molecule has 0 radical (unpaired) electrons. The molecule has 12 nitrogen and oxygen atoms in total. The molecule has 1 N–H and O–H groups in total. The van der Waals surface area contributed by atoms with Gasteiger partial charge in [-0.1, -0.05) is 17.3 Å². The Morgan fingerprint density at radius 3 is 2.32 bits per heavy atom. The molecule has 0 spiro atoms. The number of amides is 4. The normalized spacial score (nSPS) is 20.7. The summed E-state index contributed by atoms with van der Waals surface area (Å²) in [5.74, 6) is -2.45. The zero-order valence-electron chi connectivity index (χ0n) is 31.5. The molecule has 2 aliphatic carbocycles. The van der Waals surface area contributed by atoms with Crippen molar-refractivity contribution in [2.45, 2.75) is 77.0 Å². The lowest BCUT2D eigenvalue weighted by molar-refractivity contribution is -0.136. The van der Waals surface area contributed by atoms with Gasteiger partial charge in [0.15, 0.2) is 0 Å². The van der Waals surface area contributed by atoms with E-state index < -0.39 is 41.0 Å². The highest BCUT2D eigenvalue weighted by Crippen LogP contribution is 2.52. The Hall–Kier alpha value is -5.87. The number of imide groups is 2. The molecule has 4 heterocycles. The van der Waals surface area contributed by atoms with Crippen molar-refractivity contribution in [3.63, 3.8) is 0 Å². The molecule has 1 aromatic heterocycles. The van der Waals surface area contributed by atoms with E-state index in [-0.39, 0.29) is 41.2 Å². The second-order valence-electron chi connectivity index (χ2n) is 16.1. The van der Waals surface area contributed by atoms with Crippen LogP contribution in [0.2, 0.25) is 0 Å². The summed E-state index contributed by atoms with van der Waals surface area (Å²) in [6.45, 7) is 15.8. The van der Waals surface area contributed by atoms with Crippen LogP contribution in [0.3, 0.4) is 0 Å². The number of aryl methyl sites for hydroxylation is 3. The van der Waals surface area contributed by atoms with E-state index in [2.05, 4.69) is 69.6 Å². The van der Waals surface area contributed by atoms with Crippen molar-refractivity contribution < 1.29 is 32.8 Å². The van der Waals surface area contributed by atoms with Crippen LogP contribution in [0.5, 0.6) is 0 Å². The number of nitrogens with one attached hydrogen (secondary N) is 1. The predicted molar refractivity (Wildman–Crippen MR) is 204 cm³/mol. The molecule has 13 heteroatoms. The first-order chi connectivity index (χ1) is 26.9. The maximum atomic E-state index is 15.5. The quantitative estimate of drug-likeness (QED) is 0.134. The predicted octanol–water partition coefficient (Wildman–Crippen LogP) is 6.54. The Balaban J connectivity index is 0.906. The second kappa shape index (κ2) is 13.1. The van der Waals surface area contributed by atoms with Crippen molar-refractivity contribution in [3.8, 4) is 11.1 Å². The highest BCUT2D eigenvalue weighted by molar-refractivity contribution is 6.23.